The molecule has 96 valence electrons. The van der Waals surface area contributed by atoms with Crippen molar-refractivity contribution in [3.8, 4) is 0 Å². The van der Waals surface area contributed by atoms with Crippen molar-refractivity contribution >= 4 is 15.9 Å². The Balaban J connectivity index is 4.23. The standard InChI is InChI=1S/C10H21NO4S/c1-8(2)11(9(3)4)10(12)15-6-7-16(5,13)14/h8-9H,6-7H2,1-5H3. The van der Waals surface area contributed by atoms with Crippen LogP contribution in [0.25, 0.3) is 0 Å². The van der Waals surface area contributed by atoms with Crippen LogP contribution >= 0.6 is 0 Å². The summed E-state index contributed by atoms with van der Waals surface area (Å²) >= 11 is 0. The summed E-state index contributed by atoms with van der Waals surface area (Å²) in [5.41, 5.74) is 0. The average molecular weight is 251 g/mol. The van der Waals surface area contributed by atoms with E-state index in [0.717, 1.165) is 6.26 Å². The van der Waals surface area contributed by atoms with Gasteiger partial charge in [0, 0.05) is 18.3 Å². The molecule has 0 aromatic carbocycles. The van der Waals surface area contributed by atoms with Gasteiger partial charge in [0.25, 0.3) is 0 Å². The van der Waals surface area contributed by atoms with E-state index in [1.807, 2.05) is 27.7 Å². The molecule has 0 spiro atoms. The first-order valence-electron chi connectivity index (χ1n) is 5.28. The summed E-state index contributed by atoms with van der Waals surface area (Å²) in [6.45, 7) is 7.46. The number of ether oxygens (including phenoxy) is 1. The summed E-state index contributed by atoms with van der Waals surface area (Å²) in [6, 6.07) is 0.0662. The lowest BCUT2D eigenvalue weighted by atomic mass is 10.2. The smallest absolute Gasteiger partial charge is 0.410 e. The number of carbonyl (C=O) groups is 1. The zero-order valence-electron chi connectivity index (χ0n) is 10.6. The van der Waals surface area contributed by atoms with E-state index in [4.69, 9.17) is 4.74 Å². The zero-order valence-corrected chi connectivity index (χ0v) is 11.4. The van der Waals surface area contributed by atoms with Gasteiger partial charge in [0.15, 0.2) is 9.84 Å². The first-order valence-corrected chi connectivity index (χ1v) is 7.34. The van der Waals surface area contributed by atoms with Gasteiger partial charge in [-0.05, 0) is 27.7 Å². The molecule has 5 nitrogen and oxygen atoms in total. The van der Waals surface area contributed by atoms with E-state index in [0.29, 0.717) is 0 Å². The number of rotatable bonds is 5. The first-order chi connectivity index (χ1) is 7.15. The molecule has 0 aliphatic heterocycles. The Labute approximate surface area is 97.7 Å². The Morgan fingerprint density at radius 3 is 1.94 bits per heavy atom. The summed E-state index contributed by atoms with van der Waals surface area (Å²) in [5.74, 6) is -0.136. The lowest BCUT2D eigenvalue weighted by Crippen LogP contribution is -2.42. The molecule has 0 saturated carbocycles. The number of carbonyl (C=O) groups excluding carboxylic acids is 1. The molecule has 1 amide bonds. The number of nitrogens with zero attached hydrogens (tertiary/aromatic N) is 1. The number of amides is 1. The van der Waals surface area contributed by atoms with Crippen LogP contribution in [-0.4, -0.2) is 50.1 Å². The van der Waals surface area contributed by atoms with Crippen molar-refractivity contribution in [3.05, 3.63) is 0 Å². The van der Waals surface area contributed by atoms with Gasteiger partial charge in [-0.15, -0.1) is 0 Å². The van der Waals surface area contributed by atoms with Gasteiger partial charge < -0.3 is 9.64 Å². The maximum Gasteiger partial charge on any atom is 0.410 e. The van der Waals surface area contributed by atoms with Gasteiger partial charge in [0.1, 0.15) is 6.61 Å². The molecule has 0 bridgehead atoms. The third kappa shape index (κ3) is 5.95. The summed E-state index contributed by atoms with van der Waals surface area (Å²) in [7, 11) is -3.08. The van der Waals surface area contributed by atoms with Crippen LogP contribution in [0.4, 0.5) is 4.79 Å². The van der Waals surface area contributed by atoms with Crippen molar-refractivity contribution in [2.75, 3.05) is 18.6 Å². The van der Waals surface area contributed by atoms with E-state index in [1.54, 1.807) is 4.90 Å². The topological polar surface area (TPSA) is 63.7 Å². The van der Waals surface area contributed by atoms with Gasteiger partial charge in [-0.3, -0.25) is 0 Å². The molecule has 0 aromatic rings. The summed E-state index contributed by atoms with van der Waals surface area (Å²) < 4.78 is 26.6. The molecular formula is C10H21NO4S. The van der Waals surface area contributed by atoms with Crippen LogP contribution in [0.15, 0.2) is 0 Å². The van der Waals surface area contributed by atoms with E-state index in [9.17, 15) is 13.2 Å². The molecule has 0 fully saturated rings. The van der Waals surface area contributed by atoms with Gasteiger partial charge in [-0.1, -0.05) is 0 Å². The van der Waals surface area contributed by atoms with Crippen LogP contribution in [0.2, 0.25) is 0 Å². The van der Waals surface area contributed by atoms with Gasteiger partial charge in [-0.25, -0.2) is 13.2 Å². The van der Waals surface area contributed by atoms with Gasteiger partial charge >= 0.3 is 6.09 Å². The highest BCUT2D eigenvalue weighted by Gasteiger charge is 2.21. The molecule has 0 aliphatic carbocycles. The van der Waals surface area contributed by atoms with E-state index >= 15 is 0 Å². The Bertz CT molecular complexity index is 314. The van der Waals surface area contributed by atoms with Crippen molar-refractivity contribution in [2.24, 2.45) is 0 Å². The minimum atomic E-state index is -3.08. The van der Waals surface area contributed by atoms with Crippen molar-refractivity contribution in [1.82, 2.24) is 4.90 Å². The minimum absolute atomic E-state index is 0.0331. The maximum absolute atomic E-state index is 11.6. The molecular weight excluding hydrogens is 230 g/mol. The van der Waals surface area contributed by atoms with Crippen molar-refractivity contribution in [3.63, 3.8) is 0 Å². The fourth-order valence-corrected chi connectivity index (χ4v) is 1.76. The van der Waals surface area contributed by atoms with Crippen molar-refractivity contribution < 1.29 is 17.9 Å². The Morgan fingerprint density at radius 1 is 1.19 bits per heavy atom. The van der Waals surface area contributed by atoms with Crippen LogP contribution in [0.3, 0.4) is 0 Å². The molecule has 0 radical (unpaired) electrons. The molecule has 0 saturated heterocycles. The highest BCUT2D eigenvalue weighted by molar-refractivity contribution is 7.90. The normalized spacial score (nSPS) is 11.9. The van der Waals surface area contributed by atoms with E-state index in [2.05, 4.69) is 0 Å². The van der Waals surface area contributed by atoms with Crippen LogP contribution < -0.4 is 0 Å². The summed E-state index contributed by atoms with van der Waals surface area (Å²) in [5, 5.41) is 0. The molecule has 16 heavy (non-hydrogen) atoms. The van der Waals surface area contributed by atoms with Crippen LogP contribution in [-0.2, 0) is 14.6 Å². The van der Waals surface area contributed by atoms with Crippen molar-refractivity contribution in [2.45, 2.75) is 39.8 Å². The molecule has 0 rings (SSSR count). The number of hydrogen-bond donors (Lipinski definition) is 0. The largest absolute Gasteiger partial charge is 0.448 e. The average Bonchev–Trinajstić information content (AvgIpc) is 1.99. The molecule has 0 aliphatic rings. The molecule has 0 heterocycles. The number of hydrogen-bond acceptors (Lipinski definition) is 4. The second kappa shape index (κ2) is 6.08. The SMILES string of the molecule is CC(C)N(C(=O)OCCS(C)(=O)=O)C(C)C. The lowest BCUT2D eigenvalue weighted by Gasteiger charge is -2.29. The third-order valence-corrected chi connectivity index (χ3v) is 2.91. The molecule has 0 unspecified atom stereocenters. The van der Waals surface area contributed by atoms with E-state index < -0.39 is 15.9 Å². The summed E-state index contributed by atoms with van der Waals surface area (Å²) in [4.78, 5) is 13.2. The molecule has 0 N–H and O–H groups in total. The highest BCUT2D eigenvalue weighted by Crippen LogP contribution is 2.07. The fourth-order valence-electron chi connectivity index (χ4n) is 1.37. The predicted molar refractivity (Wildman–Crippen MR) is 63.2 cm³/mol. The second-order valence-electron chi connectivity index (χ2n) is 4.34. The van der Waals surface area contributed by atoms with Crippen LogP contribution in [0.5, 0.6) is 0 Å². The van der Waals surface area contributed by atoms with E-state index in [-0.39, 0.29) is 24.4 Å². The van der Waals surface area contributed by atoms with Gasteiger partial charge in [-0.2, -0.15) is 0 Å². The molecule has 0 atom stereocenters. The quantitative estimate of drug-likeness (QED) is 0.738. The lowest BCUT2D eigenvalue weighted by molar-refractivity contribution is 0.0838. The number of sulfone groups is 1. The fraction of sp³-hybridized carbons (Fsp3) is 0.900. The Kier molecular flexibility index (Phi) is 5.78. The third-order valence-electron chi connectivity index (χ3n) is 2.00. The van der Waals surface area contributed by atoms with E-state index in [1.165, 1.54) is 0 Å². The van der Waals surface area contributed by atoms with Gasteiger partial charge in [0.2, 0.25) is 0 Å². The van der Waals surface area contributed by atoms with Gasteiger partial charge in [0.05, 0.1) is 5.75 Å². The van der Waals surface area contributed by atoms with Crippen LogP contribution in [0.1, 0.15) is 27.7 Å². The van der Waals surface area contributed by atoms with Crippen LogP contribution in [0, 0.1) is 0 Å². The minimum Gasteiger partial charge on any atom is -0.448 e. The Hall–Kier alpha value is -0.780. The molecule has 0 aromatic heterocycles. The monoisotopic (exact) mass is 251 g/mol. The predicted octanol–water partition coefficient (Wildman–Crippen LogP) is 1.29. The first kappa shape index (κ1) is 15.2. The zero-order chi connectivity index (χ0) is 12.9. The molecule has 6 heteroatoms. The highest BCUT2D eigenvalue weighted by atomic mass is 32.2. The maximum atomic E-state index is 11.6. The Morgan fingerprint density at radius 2 is 1.62 bits per heavy atom. The second-order valence-corrected chi connectivity index (χ2v) is 6.60. The summed E-state index contributed by atoms with van der Waals surface area (Å²) in [6.07, 6.45) is 0.650. The van der Waals surface area contributed by atoms with Crippen molar-refractivity contribution in [1.29, 1.82) is 0 Å².